The Hall–Kier alpha value is -1.12. The van der Waals surface area contributed by atoms with Crippen molar-refractivity contribution in [2.45, 2.75) is 30.2 Å². The van der Waals surface area contributed by atoms with Gasteiger partial charge in [-0.2, -0.15) is 9.40 Å². The Balaban J connectivity index is 1.84. The number of rotatable bonds is 5. The van der Waals surface area contributed by atoms with Gasteiger partial charge in [0, 0.05) is 19.2 Å². The third kappa shape index (κ3) is 2.47. The van der Waals surface area contributed by atoms with Gasteiger partial charge >= 0.3 is 0 Å². The molecule has 3 N–H and O–H groups in total. The van der Waals surface area contributed by atoms with Crippen molar-refractivity contribution in [3.63, 3.8) is 0 Å². The molecule has 0 aromatic carbocycles. The minimum Gasteiger partial charge on any atom is -0.383 e. The van der Waals surface area contributed by atoms with Crippen molar-refractivity contribution < 1.29 is 13.2 Å². The molecule has 2 fully saturated rings. The normalized spacial score (nSPS) is 24.2. The largest absolute Gasteiger partial charge is 0.383 e. The van der Waals surface area contributed by atoms with Gasteiger partial charge in [-0.15, -0.1) is 0 Å². The number of hydrogen-bond acceptors (Lipinski definition) is 5. The van der Waals surface area contributed by atoms with Gasteiger partial charge in [0.05, 0.1) is 12.8 Å². The zero-order valence-electron chi connectivity index (χ0n) is 10.6. The molecule has 8 heteroatoms. The fraction of sp³-hybridized carbons (Fsp3) is 0.727. The first-order valence-electron chi connectivity index (χ1n) is 6.47. The number of nitrogen functional groups attached to an aromatic ring is 1. The number of sulfonamides is 1. The van der Waals surface area contributed by atoms with Gasteiger partial charge < -0.3 is 10.5 Å². The Kier molecular flexibility index (Phi) is 3.23. The Labute approximate surface area is 112 Å². The number of ether oxygens (including phenoxy) is 1. The molecule has 1 saturated heterocycles. The van der Waals surface area contributed by atoms with E-state index in [1.165, 1.54) is 6.20 Å². The minimum atomic E-state index is -3.55. The second kappa shape index (κ2) is 4.77. The van der Waals surface area contributed by atoms with Crippen LogP contribution in [0.5, 0.6) is 0 Å². The van der Waals surface area contributed by atoms with Crippen molar-refractivity contribution in [3.05, 3.63) is 6.20 Å². The van der Waals surface area contributed by atoms with Crippen LogP contribution in [-0.4, -0.2) is 48.7 Å². The van der Waals surface area contributed by atoms with Gasteiger partial charge in [0.2, 0.25) is 10.0 Å². The van der Waals surface area contributed by atoms with E-state index in [-0.39, 0.29) is 22.7 Å². The van der Waals surface area contributed by atoms with Crippen molar-refractivity contribution in [3.8, 4) is 0 Å². The first-order valence-corrected chi connectivity index (χ1v) is 7.91. The number of anilines is 1. The number of nitrogens with zero attached hydrogens (tertiary/aromatic N) is 2. The summed E-state index contributed by atoms with van der Waals surface area (Å²) >= 11 is 0. The molecule has 1 aliphatic heterocycles. The highest BCUT2D eigenvalue weighted by atomic mass is 32.2. The molecule has 0 amide bonds. The van der Waals surface area contributed by atoms with Gasteiger partial charge in [0.25, 0.3) is 0 Å². The first-order chi connectivity index (χ1) is 9.09. The van der Waals surface area contributed by atoms with E-state index >= 15 is 0 Å². The SMILES string of the molecule is Nc1[nH]ncc1S(=O)(=O)N(CC1CCOC1)C1CC1. The summed E-state index contributed by atoms with van der Waals surface area (Å²) < 4.78 is 32.2. The van der Waals surface area contributed by atoms with E-state index in [9.17, 15) is 8.42 Å². The lowest BCUT2D eigenvalue weighted by molar-refractivity contribution is 0.180. The Bertz CT molecular complexity index is 546. The molecule has 19 heavy (non-hydrogen) atoms. The fourth-order valence-electron chi connectivity index (χ4n) is 2.40. The van der Waals surface area contributed by atoms with Crippen molar-refractivity contribution in [2.75, 3.05) is 25.5 Å². The molecule has 1 unspecified atom stereocenters. The molecule has 1 aliphatic carbocycles. The molecule has 7 nitrogen and oxygen atoms in total. The molecule has 0 bridgehead atoms. The van der Waals surface area contributed by atoms with Gasteiger partial charge in [-0.05, 0) is 25.2 Å². The highest BCUT2D eigenvalue weighted by Crippen LogP contribution is 2.34. The molecule has 1 aromatic heterocycles. The van der Waals surface area contributed by atoms with Crippen LogP contribution >= 0.6 is 0 Å². The molecule has 1 aromatic rings. The maximum absolute atomic E-state index is 12.6. The number of aromatic nitrogens is 2. The van der Waals surface area contributed by atoms with E-state index in [1.807, 2.05) is 0 Å². The van der Waals surface area contributed by atoms with Crippen LogP contribution in [0.1, 0.15) is 19.3 Å². The standard InChI is InChI=1S/C11H18N4O3S/c12-11-10(5-13-14-11)19(16,17)15(9-1-2-9)6-8-3-4-18-7-8/h5,8-9H,1-4,6-7H2,(H3,12,13,14). The van der Waals surface area contributed by atoms with Crippen LogP contribution in [-0.2, 0) is 14.8 Å². The lowest BCUT2D eigenvalue weighted by atomic mass is 10.1. The summed E-state index contributed by atoms with van der Waals surface area (Å²) in [5, 5.41) is 6.18. The maximum atomic E-state index is 12.6. The average Bonchev–Trinajstić information content (AvgIpc) is 2.88. The first kappa shape index (κ1) is 12.9. The van der Waals surface area contributed by atoms with Crippen LogP contribution in [0.2, 0.25) is 0 Å². The molecule has 1 saturated carbocycles. The van der Waals surface area contributed by atoms with Crippen molar-refractivity contribution in [2.24, 2.45) is 5.92 Å². The van der Waals surface area contributed by atoms with E-state index in [4.69, 9.17) is 10.5 Å². The van der Waals surface area contributed by atoms with Gasteiger partial charge in [-0.1, -0.05) is 0 Å². The van der Waals surface area contributed by atoms with E-state index in [0.29, 0.717) is 13.2 Å². The summed E-state index contributed by atoms with van der Waals surface area (Å²) in [6.45, 7) is 1.87. The molecular weight excluding hydrogens is 268 g/mol. The Morgan fingerprint density at radius 2 is 2.26 bits per heavy atom. The molecule has 106 valence electrons. The number of nitrogens with one attached hydrogen (secondary N) is 1. The minimum absolute atomic E-state index is 0.0818. The molecule has 0 spiro atoms. The molecule has 2 aliphatic rings. The molecule has 2 heterocycles. The fourth-order valence-corrected chi connectivity index (χ4v) is 4.18. The van der Waals surface area contributed by atoms with Crippen LogP contribution in [0.25, 0.3) is 0 Å². The highest BCUT2D eigenvalue weighted by Gasteiger charge is 2.40. The van der Waals surface area contributed by atoms with Crippen LogP contribution in [0.3, 0.4) is 0 Å². The van der Waals surface area contributed by atoms with Crippen molar-refractivity contribution in [1.82, 2.24) is 14.5 Å². The number of aromatic amines is 1. The number of H-pyrrole nitrogens is 1. The predicted molar refractivity (Wildman–Crippen MR) is 68.8 cm³/mol. The van der Waals surface area contributed by atoms with Gasteiger partial charge in [0.15, 0.2) is 0 Å². The quantitative estimate of drug-likeness (QED) is 0.804. The van der Waals surface area contributed by atoms with Crippen LogP contribution in [0.15, 0.2) is 11.1 Å². The molecule has 3 rings (SSSR count). The number of hydrogen-bond donors (Lipinski definition) is 2. The summed E-state index contributed by atoms with van der Waals surface area (Å²) in [6, 6.07) is 0.111. The molecule has 0 radical (unpaired) electrons. The van der Waals surface area contributed by atoms with Gasteiger partial charge in [-0.25, -0.2) is 8.42 Å². The topological polar surface area (TPSA) is 101 Å². The Morgan fingerprint density at radius 1 is 1.47 bits per heavy atom. The second-order valence-corrected chi connectivity index (χ2v) is 7.04. The Morgan fingerprint density at radius 3 is 2.79 bits per heavy atom. The summed E-state index contributed by atoms with van der Waals surface area (Å²) in [6.07, 6.45) is 4.04. The van der Waals surface area contributed by atoms with Crippen molar-refractivity contribution in [1.29, 1.82) is 0 Å². The smallest absolute Gasteiger partial charge is 0.248 e. The van der Waals surface area contributed by atoms with E-state index in [2.05, 4.69) is 10.2 Å². The van der Waals surface area contributed by atoms with Crippen LogP contribution < -0.4 is 5.73 Å². The zero-order valence-corrected chi connectivity index (χ0v) is 11.4. The average molecular weight is 286 g/mol. The van der Waals surface area contributed by atoms with Crippen LogP contribution in [0.4, 0.5) is 5.82 Å². The summed E-state index contributed by atoms with van der Waals surface area (Å²) in [5.74, 6) is 0.386. The molecule has 1 atom stereocenters. The van der Waals surface area contributed by atoms with Crippen molar-refractivity contribution >= 4 is 15.8 Å². The third-order valence-corrected chi connectivity index (χ3v) is 5.58. The third-order valence-electron chi connectivity index (χ3n) is 3.64. The van der Waals surface area contributed by atoms with E-state index < -0.39 is 10.0 Å². The van der Waals surface area contributed by atoms with Gasteiger partial charge in [-0.3, -0.25) is 5.10 Å². The highest BCUT2D eigenvalue weighted by molar-refractivity contribution is 7.89. The van der Waals surface area contributed by atoms with Crippen LogP contribution in [0, 0.1) is 5.92 Å². The maximum Gasteiger partial charge on any atom is 0.248 e. The number of nitrogens with two attached hydrogens (primary N) is 1. The lowest BCUT2D eigenvalue weighted by Crippen LogP contribution is -2.37. The van der Waals surface area contributed by atoms with E-state index in [0.717, 1.165) is 25.9 Å². The van der Waals surface area contributed by atoms with E-state index in [1.54, 1.807) is 4.31 Å². The van der Waals surface area contributed by atoms with Gasteiger partial charge in [0.1, 0.15) is 10.7 Å². The summed E-state index contributed by atoms with van der Waals surface area (Å²) in [5.41, 5.74) is 5.64. The second-order valence-electron chi connectivity index (χ2n) is 5.18. The molecular formula is C11H18N4O3S. The predicted octanol–water partition coefficient (Wildman–Crippen LogP) is 0.181. The monoisotopic (exact) mass is 286 g/mol. The summed E-state index contributed by atoms with van der Waals surface area (Å²) in [7, 11) is -3.55. The zero-order chi connectivity index (χ0) is 13.5. The lowest BCUT2D eigenvalue weighted by Gasteiger charge is -2.23. The summed E-state index contributed by atoms with van der Waals surface area (Å²) in [4.78, 5) is 0.0818.